The Labute approximate surface area is 95.0 Å². The van der Waals surface area contributed by atoms with E-state index >= 15 is 0 Å². The second kappa shape index (κ2) is 4.84. The molecular formula is C13H28O2. The van der Waals surface area contributed by atoms with E-state index in [2.05, 4.69) is 34.6 Å². The second-order valence-corrected chi connectivity index (χ2v) is 6.83. The molecule has 0 unspecified atom stereocenters. The number of ether oxygens (including phenoxy) is 1. The maximum absolute atomic E-state index is 8.95. The van der Waals surface area contributed by atoms with Crippen LogP contribution in [0.4, 0.5) is 0 Å². The fourth-order valence-corrected chi connectivity index (χ4v) is 2.38. The number of aliphatic hydroxyl groups is 1. The van der Waals surface area contributed by atoms with Crippen LogP contribution in [0.1, 0.15) is 61.3 Å². The Hall–Kier alpha value is -0.0800. The molecule has 0 aliphatic carbocycles. The van der Waals surface area contributed by atoms with Crippen LogP contribution < -0.4 is 0 Å². The van der Waals surface area contributed by atoms with Crippen molar-refractivity contribution in [3.8, 4) is 0 Å². The van der Waals surface area contributed by atoms with Gasteiger partial charge in [0.25, 0.3) is 0 Å². The highest BCUT2D eigenvalue weighted by atomic mass is 16.5. The van der Waals surface area contributed by atoms with E-state index < -0.39 is 0 Å². The Morgan fingerprint density at radius 3 is 1.67 bits per heavy atom. The van der Waals surface area contributed by atoms with E-state index in [1.54, 1.807) is 0 Å². The van der Waals surface area contributed by atoms with Crippen LogP contribution in [0.15, 0.2) is 0 Å². The average molecular weight is 216 g/mol. The van der Waals surface area contributed by atoms with Gasteiger partial charge in [-0.05, 0) is 46.0 Å². The van der Waals surface area contributed by atoms with Crippen LogP contribution in [0.5, 0.6) is 0 Å². The summed E-state index contributed by atoms with van der Waals surface area (Å²) >= 11 is 0. The van der Waals surface area contributed by atoms with Gasteiger partial charge in [0.1, 0.15) is 0 Å². The zero-order chi connectivity index (χ0) is 12.3. The molecule has 0 aromatic carbocycles. The molecule has 92 valence electrons. The summed E-state index contributed by atoms with van der Waals surface area (Å²) in [5.74, 6) is 0. The molecular weight excluding hydrogens is 188 g/mol. The molecule has 0 heterocycles. The Bertz CT molecular complexity index is 187. The van der Waals surface area contributed by atoms with Gasteiger partial charge in [0.05, 0.1) is 11.2 Å². The standard InChI is InChI=1S/C13H28O2/c1-11(2,3)10-13(6,7)15-12(4,5)8-9-14/h14H,8-10H2,1-7H3. The summed E-state index contributed by atoms with van der Waals surface area (Å²) in [6.07, 6.45) is 1.69. The van der Waals surface area contributed by atoms with Crippen LogP contribution >= 0.6 is 0 Å². The summed E-state index contributed by atoms with van der Waals surface area (Å²) in [6.45, 7) is 15.2. The third-order valence-electron chi connectivity index (χ3n) is 2.22. The Morgan fingerprint density at radius 1 is 0.867 bits per heavy atom. The first kappa shape index (κ1) is 14.9. The minimum atomic E-state index is -0.247. The van der Waals surface area contributed by atoms with E-state index in [-0.39, 0.29) is 23.2 Å². The molecule has 0 atom stereocenters. The minimum Gasteiger partial charge on any atom is -0.396 e. The van der Waals surface area contributed by atoms with E-state index in [1.807, 2.05) is 13.8 Å². The lowest BCUT2D eigenvalue weighted by atomic mass is 9.83. The van der Waals surface area contributed by atoms with Crippen LogP contribution in [0.3, 0.4) is 0 Å². The van der Waals surface area contributed by atoms with Gasteiger partial charge < -0.3 is 9.84 Å². The Morgan fingerprint density at radius 2 is 1.33 bits per heavy atom. The van der Waals surface area contributed by atoms with Crippen molar-refractivity contribution >= 4 is 0 Å². The van der Waals surface area contributed by atoms with Crippen molar-refractivity contribution in [3.05, 3.63) is 0 Å². The number of hydrogen-bond acceptors (Lipinski definition) is 2. The first-order valence-electron chi connectivity index (χ1n) is 5.79. The third kappa shape index (κ3) is 7.80. The van der Waals surface area contributed by atoms with E-state index in [9.17, 15) is 0 Å². The Balaban J connectivity index is 4.36. The lowest BCUT2D eigenvalue weighted by molar-refractivity contribution is -0.142. The van der Waals surface area contributed by atoms with Crippen molar-refractivity contribution in [2.75, 3.05) is 6.61 Å². The minimum absolute atomic E-state index is 0.142. The largest absolute Gasteiger partial charge is 0.396 e. The summed E-state index contributed by atoms with van der Waals surface area (Å²) in [5.41, 5.74) is -0.126. The van der Waals surface area contributed by atoms with Crippen LogP contribution in [0.2, 0.25) is 0 Å². The topological polar surface area (TPSA) is 29.5 Å². The first-order valence-corrected chi connectivity index (χ1v) is 5.79. The van der Waals surface area contributed by atoms with Crippen molar-refractivity contribution in [3.63, 3.8) is 0 Å². The predicted octanol–water partition coefficient (Wildman–Crippen LogP) is 3.38. The summed E-state index contributed by atoms with van der Waals surface area (Å²) < 4.78 is 6.08. The highest BCUT2D eigenvalue weighted by Crippen LogP contribution is 2.33. The molecule has 0 saturated carbocycles. The van der Waals surface area contributed by atoms with Gasteiger partial charge in [-0.3, -0.25) is 0 Å². The molecule has 0 spiro atoms. The van der Waals surface area contributed by atoms with Crippen LogP contribution in [-0.4, -0.2) is 22.9 Å². The van der Waals surface area contributed by atoms with Crippen LogP contribution in [0.25, 0.3) is 0 Å². The molecule has 0 bridgehead atoms. The van der Waals surface area contributed by atoms with Crippen molar-refractivity contribution in [1.82, 2.24) is 0 Å². The number of rotatable bonds is 5. The molecule has 2 heteroatoms. The summed E-state index contributed by atoms with van der Waals surface area (Å²) in [6, 6.07) is 0. The van der Waals surface area contributed by atoms with Gasteiger partial charge in [-0.25, -0.2) is 0 Å². The molecule has 2 nitrogen and oxygen atoms in total. The monoisotopic (exact) mass is 216 g/mol. The van der Waals surface area contributed by atoms with Gasteiger partial charge in [-0.2, -0.15) is 0 Å². The van der Waals surface area contributed by atoms with Gasteiger partial charge in [0, 0.05) is 6.61 Å². The Kier molecular flexibility index (Phi) is 4.81. The number of aliphatic hydroxyl groups excluding tert-OH is 1. The quantitative estimate of drug-likeness (QED) is 0.763. The van der Waals surface area contributed by atoms with Crippen molar-refractivity contribution in [1.29, 1.82) is 0 Å². The maximum Gasteiger partial charge on any atom is 0.0655 e. The maximum atomic E-state index is 8.95. The number of hydrogen-bond donors (Lipinski definition) is 1. The van der Waals surface area contributed by atoms with Gasteiger partial charge in [0.2, 0.25) is 0 Å². The molecule has 0 aliphatic rings. The first-order chi connectivity index (χ1) is 6.47. The highest BCUT2D eigenvalue weighted by molar-refractivity contribution is 4.81. The smallest absolute Gasteiger partial charge is 0.0655 e. The van der Waals surface area contributed by atoms with E-state index in [0.29, 0.717) is 6.42 Å². The van der Waals surface area contributed by atoms with E-state index in [1.165, 1.54) is 0 Å². The highest BCUT2D eigenvalue weighted by Gasteiger charge is 2.32. The van der Waals surface area contributed by atoms with Crippen LogP contribution in [0, 0.1) is 5.41 Å². The molecule has 0 amide bonds. The molecule has 0 rings (SSSR count). The van der Waals surface area contributed by atoms with Gasteiger partial charge in [0.15, 0.2) is 0 Å². The average Bonchev–Trinajstić information content (AvgIpc) is 1.74. The van der Waals surface area contributed by atoms with Crippen molar-refractivity contribution in [2.24, 2.45) is 5.41 Å². The molecule has 1 N–H and O–H groups in total. The molecule has 0 radical (unpaired) electrons. The van der Waals surface area contributed by atoms with Crippen molar-refractivity contribution in [2.45, 2.75) is 72.5 Å². The van der Waals surface area contributed by atoms with Gasteiger partial charge in [-0.15, -0.1) is 0 Å². The zero-order valence-corrected chi connectivity index (χ0v) is 11.5. The summed E-state index contributed by atoms with van der Waals surface area (Å²) in [4.78, 5) is 0. The van der Waals surface area contributed by atoms with Crippen molar-refractivity contribution < 1.29 is 9.84 Å². The third-order valence-corrected chi connectivity index (χ3v) is 2.22. The normalized spacial score (nSPS) is 14.4. The van der Waals surface area contributed by atoms with E-state index in [4.69, 9.17) is 9.84 Å². The second-order valence-electron chi connectivity index (χ2n) is 6.83. The SMILES string of the molecule is CC(C)(C)CC(C)(C)OC(C)(C)CCO. The summed E-state index contributed by atoms with van der Waals surface area (Å²) in [5, 5.41) is 8.95. The predicted molar refractivity (Wildman–Crippen MR) is 65.0 cm³/mol. The lowest BCUT2D eigenvalue weighted by Gasteiger charge is -2.39. The molecule has 0 saturated heterocycles. The van der Waals surface area contributed by atoms with Crippen LogP contribution in [-0.2, 0) is 4.74 Å². The van der Waals surface area contributed by atoms with Gasteiger partial charge >= 0.3 is 0 Å². The molecule has 0 aliphatic heterocycles. The van der Waals surface area contributed by atoms with E-state index in [0.717, 1.165) is 6.42 Å². The molecule has 0 aromatic rings. The fourth-order valence-electron chi connectivity index (χ4n) is 2.38. The molecule has 0 fully saturated rings. The fraction of sp³-hybridized carbons (Fsp3) is 1.00. The zero-order valence-electron chi connectivity index (χ0n) is 11.5. The molecule has 0 aromatic heterocycles. The molecule has 15 heavy (non-hydrogen) atoms. The van der Waals surface area contributed by atoms with Gasteiger partial charge in [-0.1, -0.05) is 20.8 Å². The lowest BCUT2D eigenvalue weighted by Crippen LogP contribution is -2.40. The summed E-state index contributed by atoms with van der Waals surface area (Å²) in [7, 11) is 0.